The number of rotatable bonds is 3. The fraction of sp³-hybridized carbons (Fsp3) is 0.214. The molecule has 17 heavy (non-hydrogen) atoms. The van der Waals surface area contributed by atoms with Gasteiger partial charge in [-0.15, -0.1) is 0 Å². The molecule has 0 radical (unpaired) electrons. The predicted octanol–water partition coefficient (Wildman–Crippen LogP) is 2.93. The van der Waals surface area contributed by atoms with Gasteiger partial charge in [-0.3, -0.25) is 4.79 Å². The van der Waals surface area contributed by atoms with E-state index in [4.69, 9.17) is 9.47 Å². The highest BCUT2D eigenvalue weighted by atomic mass is 16.5. The normalized spacial score (nSPS) is 15.1. The lowest BCUT2D eigenvalue weighted by Crippen LogP contribution is -2.01. The van der Waals surface area contributed by atoms with Crippen molar-refractivity contribution in [2.75, 3.05) is 7.11 Å². The molecule has 0 spiro atoms. The van der Waals surface area contributed by atoms with Crippen molar-refractivity contribution in [3.8, 4) is 5.75 Å². The van der Waals surface area contributed by atoms with Crippen molar-refractivity contribution < 1.29 is 14.3 Å². The topological polar surface area (TPSA) is 35.5 Å². The third-order valence-corrected chi connectivity index (χ3v) is 2.74. The highest BCUT2D eigenvalue weighted by Crippen LogP contribution is 2.28. The Morgan fingerprint density at radius 3 is 2.53 bits per heavy atom. The van der Waals surface area contributed by atoms with E-state index < -0.39 is 0 Å². The largest absolute Gasteiger partial charge is 0.497 e. The molecule has 1 aromatic carbocycles. The molecule has 3 heteroatoms. The van der Waals surface area contributed by atoms with E-state index in [0.717, 1.165) is 23.4 Å². The van der Waals surface area contributed by atoms with Crippen LogP contribution in [0.4, 0.5) is 0 Å². The molecule has 0 saturated heterocycles. The Balaban J connectivity index is 2.19. The van der Waals surface area contributed by atoms with Crippen molar-refractivity contribution in [3.63, 3.8) is 0 Å². The third-order valence-electron chi connectivity index (χ3n) is 2.74. The molecule has 88 valence electrons. The Kier molecular flexibility index (Phi) is 3.28. The first-order chi connectivity index (χ1) is 8.24. The predicted molar refractivity (Wildman–Crippen MR) is 65.4 cm³/mol. The summed E-state index contributed by atoms with van der Waals surface area (Å²) in [6.45, 7) is 1.81. The van der Waals surface area contributed by atoms with Gasteiger partial charge in [-0.2, -0.15) is 0 Å². The third kappa shape index (κ3) is 2.38. The fourth-order valence-electron chi connectivity index (χ4n) is 1.68. The van der Waals surface area contributed by atoms with E-state index in [1.165, 1.54) is 0 Å². The van der Waals surface area contributed by atoms with Gasteiger partial charge in [0, 0.05) is 17.6 Å². The Bertz CT molecular complexity index is 481. The van der Waals surface area contributed by atoms with Gasteiger partial charge in [0.15, 0.2) is 0 Å². The summed E-state index contributed by atoms with van der Waals surface area (Å²) in [5, 5.41) is 0. The second-order valence-corrected chi connectivity index (χ2v) is 3.80. The smallest absolute Gasteiger partial charge is 0.149 e. The first kappa shape index (κ1) is 11.5. The Morgan fingerprint density at radius 2 is 2.00 bits per heavy atom. The van der Waals surface area contributed by atoms with Gasteiger partial charge in [-0.25, -0.2) is 0 Å². The molecule has 2 rings (SSSR count). The van der Waals surface area contributed by atoms with Crippen LogP contribution in [0.1, 0.15) is 18.9 Å². The second kappa shape index (κ2) is 4.87. The number of ether oxygens (including phenoxy) is 2. The van der Waals surface area contributed by atoms with Gasteiger partial charge < -0.3 is 9.47 Å². The molecule has 0 amide bonds. The lowest BCUT2D eigenvalue weighted by Gasteiger charge is -2.17. The average molecular weight is 230 g/mol. The Hall–Kier alpha value is -2.03. The number of aldehydes is 1. The SMILES string of the molecule is COc1ccc(C2=CCC(C=O)=C(C)O2)cc1. The number of allylic oxidation sites excluding steroid dienone is 3. The summed E-state index contributed by atoms with van der Waals surface area (Å²) in [5.74, 6) is 2.27. The zero-order chi connectivity index (χ0) is 12.3. The molecule has 0 aromatic heterocycles. The average Bonchev–Trinajstić information content (AvgIpc) is 2.39. The van der Waals surface area contributed by atoms with E-state index in [1.807, 2.05) is 30.3 Å². The molecule has 0 bridgehead atoms. The molecular formula is C14H14O3. The van der Waals surface area contributed by atoms with Crippen LogP contribution in [-0.4, -0.2) is 13.4 Å². The van der Waals surface area contributed by atoms with Crippen molar-refractivity contribution in [1.29, 1.82) is 0 Å². The highest BCUT2D eigenvalue weighted by molar-refractivity contribution is 5.77. The van der Waals surface area contributed by atoms with Gasteiger partial charge >= 0.3 is 0 Å². The Morgan fingerprint density at radius 1 is 1.29 bits per heavy atom. The molecule has 0 aliphatic carbocycles. The van der Waals surface area contributed by atoms with E-state index in [0.29, 0.717) is 17.8 Å². The summed E-state index contributed by atoms with van der Waals surface area (Å²) in [4.78, 5) is 10.7. The van der Waals surface area contributed by atoms with Gasteiger partial charge in [0.2, 0.25) is 0 Å². The quantitative estimate of drug-likeness (QED) is 0.749. The number of benzene rings is 1. The lowest BCUT2D eigenvalue weighted by molar-refractivity contribution is -0.105. The van der Waals surface area contributed by atoms with Crippen LogP contribution < -0.4 is 4.74 Å². The molecule has 0 saturated carbocycles. The number of carbonyl (C=O) groups is 1. The number of carbonyl (C=O) groups excluding carboxylic acids is 1. The van der Waals surface area contributed by atoms with Crippen molar-refractivity contribution in [2.45, 2.75) is 13.3 Å². The van der Waals surface area contributed by atoms with Gasteiger partial charge in [-0.05, 0) is 37.3 Å². The van der Waals surface area contributed by atoms with E-state index in [2.05, 4.69) is 0 Å². The van der Waals surface area contributed by atoms with Crippen molar-refractivity contribution in [1.82, 2.24) is 0 Å². The number of hydrogen-bond donors (Lipinski definition) is 0. The molecule has 0 N–H and O–H groups in total. The Labute approximate surface area is 100 Å². The van der Waals surface area contributed by atoms with Crippen molar-refractivity contribution in [2.24, 2.45) is 0 Å². The summed E-state index contributed by atoms with van der Waals surface area (Å²) in [6, 6.07) is 7.63. The zero-order valence-electron chi connectivity index (χ0n) is 9.90. The van der Waals surface area contributed by atoms with Crippen LogP contribution in [0.2, 0.25) is 0 Å². The van der Waals surface area contributed by atoms with Crippen LogP contribution in [0, 0.1) is 0 Å². The zero-order valence-corrected chi connectivity index (χ0v) is 9.90. The van der Waals surface area contributed by atoms with Gasteiger partial charge in [-0.1, -0.05) is 0 Å². The minimum atomic E-state index is 0.622. The summed E-state index contributed by atoms with van der Waals surface area (Å²) >= 11 is 0. The van der Waals surface area contributed by atoms with E-state index in [1.54, 1.807) is 14.0 Å². The maximum Gasteiger partial charge on any atom is 0.149 e. The summed E-state index contributed by atoms with van der Waals surface area (Å²) in [6.07, 6.45) is 3.38. The fourth-order valence-corrected chi connectivity index (χ4v) is 1.68. The molecule has 0 fully saturated rings. The van der Waals surface area contributed by atoms with Gasteiger partial charge in [0.05, 0.1) is 7.11 Å². The molecule has 0 atom stereocenters. The monoisotopic (exact) mass is 230 g/mol. The summed E-state index contributed by atoms with van der Waals surface area (Å²) in [5.41, 5.74) is 1.68. The molecule has 3 nitrogen and oxygen atoms in total. The summed E-state index contributed by atoms with van der Waals surface area (Å²) in [7, 11) is 1.63. The second-order valence-electron chi connectivity index (χ2n) is 3.80. The van der Waals surface area contributed by atoms with Gasteiger partial charge in [0.25, 0.3) is 0 Å². The van der Waals surface area contributed by atoms with Crippen molar-refractivity contribution in [3.05, 3.63) is 47.2 Å². The van der Waals surface area contributed by atoms with Crippen LogP contribution in [0.5, 0.6) is 5.75 Å². The van der Waals surface area contributed by atoms with Crippen LogP contribution in [0.25, 0.3) is 5.76 Å². The van der Waals surface area contributed by atoms with E-state index >= 15 is 0 Å². The highest BCUT2D eigenvalue weighted by Gasteiger charge is 2.13. The molecule has 1 aliphatic heterocycles. The lowest BCUT2D eigenvalue weighted by atomic mass is 10.1. The molecule has 1 aliphatic rings. The molecule has 1 heterocycles. The minimum Gasteiger partial charge on any atom is -0.497 e. The number of hydrogen-bond acceptors (Lipinski definition) is 3. The van der Waals surface area contributed by atoms with Crippen LogP contribution >= 0.6 is 0 Å². The maximum absolute atomic E-state index is 10.7. The maximum atomic E-state index is 10.7. The van der Waals surface area contributed by atoms with E-state index in [9.17, 15) is 4.79 Å². The number of methoxy groups -OCH3 is 1. The van der Waals surface area contributed by atoms with Crippen LogP contribution in [0.3, 0.4) is 0 Å². The first-order valence-electron chi connectivity index (χ1n) is 5.42. The minimum absolute atomic E-state index is 0.622. The van der Waals surface area contributed by atoms with Crippen LogP contribution in [0.15, 0.2) is 41.7 Å². The molecule has 0 unspecified atom stereocenters. The first-order valence-corrected chi connectivity index (χ1v) is 5.42. The molecular weight excluding hydrogens is 216 g/mol. The van der Waals surface area contributed by atoms with E-state index in [-0.39, 0.29) is 0 Å². The van der Waals surface area contributed by atoms with Crippen molar-refractivity contribution >= 4 is 12.0 Å². The van der Waals surface area contributed by atoms with Crippen LogP contribution in [-0.2, 0) is 9.53 Å². The van der Waals surface area contributed by atoms with Gasteiger partial charge in [0.1, 0.15) is 23.6 Å². The standard InChI is InChI=1S/C14H14O3/c1-10-12(9-15)5-8-14(17-10)11-3-6-13(16-2)7-4-11/h3-4,6-9H,5H2,1-2H3. The molecule has 1 aromatic rings. The summed E-state index contributed by atoms with van der Waals surface area (Å²) < 4.78 is 10.7.